The Morgan fingerprint density at radius 3 is 2.62 bits per heavy atom. The molecule has 0 spiro atoms. The van der Waals surface area contributed by atoms with Crippen LogP contribution in [0.3, 0.4) is 0 Å². The maximum absolute atomic E-state index is 13.4. The molecule has 0 radical (unpaired) electrons. The summed E-state index contributed by atoms with van der Waals surface area (Å²) in [6, 6.07) is 13.5. The van der Waals surface area contributed by atoms with Crippen LogP contribution >= 0.6 is 11.6 Å². The Kier molecular flexibility index (Phi) is 3.62. The number of nitrogens with zero attached hydrogens (tertiary/aromatic N) is 1. The van der Waals surface area contributed by atoms with Crippen molar-refractivity contribution in [1.29, 1.82) is 0 Å². The highest BCUT2D eigenvalue weighted by molar-refractivity contribution is 6.33. The Bertz CT molecular complexity index is 817. The smallest absolute Gasteiger partial charge is 0.125 e. The summed E-state index contributed by atoms with van der Waals surface area (Å²) in [7, 11) is 0. The average Bonchev–Trinajstić information content (AvgIpc) is 2.46. The Morgan fingerprint density at radius 1 is 1.14 bits per heavy atom. The number of aliphatic hydroxyl groups is 1. The van der Waals surface area contributed by atoms with E-state index in [0.717, 1.165) is 10.9 Å². The monoisotopic (exact) mass is 301 g/mol. The number of fused-ring (bicyclic) bond motifs is 1. The summed E-state index contributed by atoms with van der Waals surface area (Å²) in [5, 5.41) is 11.3. The quantitative estimate of drug-likeness (QED) is 0.741. The van der Waals surface area contributed by atoms with Crippen LogP contribution in [0.4, 0.5) is 4.39 Å². The number of aliphatic hydroxyl groups excluding tert-OH is 1. The molecule has 0 fully saturated rings. The third-order valence-electron chi connectivity index (χ3n) is 3.39. The third-order valence-corrected chi connectivity index (χ3v) is 3.72. The first kappa shape index (κ1) is 14.0. The zero-order chi connectivity index (χ0) is 15.0. The normalized spacial score (nSPS) is 12.6. The van der Waals surface area contributed by atoms with Crippen LogP contribution in [0.15, 0.2) is 48.5 Å². The van der Waals surface area contributed by atoms with Crippen LogP contribution in [-0.2, 0) is 0 Å². The van der Waals surface area contributed by atoms with Crippen LogP contribution in [0.1, 0.15) is 18.6 Å². The summed E-state index contributed by atoms with van der Waals surface area (Å²) in [6.45, 7) is 1.67. The maximum Gasteiger partial charge on any atom is 0.125 e. The van der Waals surface area contributed by atoms with Crippen LogP contribution in [0, 0.1) is 5.82 Å². The summed E-state index contributed by atoms with van der Waals surface area (Å²) >= 11 is 6.22. The second-order valence-corrected chi connectivity index (χ2v) is 5.33. The fraction of sp³-hybridized carbons (Fsp3) is 0.118. The second kappa shape index (κ2) is 5.43. The lowest BCUT2D eigenvalue weighted by atomic mass is 10.00. The molecule has 1 aromatic heterocycles. The van der Waals surface area contributed by atoms with E-state index in [1.165, 1.54) is 12.1 Å². The molecule has 0 saturated carbocycles. The predicted molar refractivity (Wildman–Crippen MR) is 82.8 cm³/mol. The molecule has 0 aliphatic carbocycles. The van der Waals surface area contributed by atoms with Crippen LogP contribution in [0.2, 0.25) is 5.02 Å². The lowest BCUT2D eigenvalue weighted by Gasteiger charge is -2.14. The molecule has 2 aromatic carbocycles. The van der Waals surface area contributed by atoms with E-state index >= 15 is 0 Å². The van der Waals surface area contributed by atoms with Gasteiger partial charge in [0.1, 0.15) is 5.82 Å². The number of rotatable bonds is 2. The van der Waals surface area contributed by atoms with Gasteiger partial charge in [-0.1, -0.05) is 29.8 Å². The van der Waals surface area contributed by atoms with Gasteiger partial charge >= 0.3 is 0 Å². The summed E-state index contributed by atoms with van der Waals surface area (Å²) in [5.74, 6) is -0.343. The largest absolute Gasteiger partial charge is 0.389 e. The first-order chi connectivity index (χ1) is 10.1. The van der Waals surface area contributed by atoms with E-state index in [1.54, 1.807) is 19.1 Å². The van der Waals surface area contributed by atoms with Gasteiger partial charge in [-0.2, -0.15) is 0 Å². The van der Waals surface area contributed by atoms with Gasteiger partial charge in [-0.15, -0.1) is 0 Å². The number of halogens is 2. The molecule has 0 bridgehead atoms. The molecular weight excluding hydrogens is 289 g/mol. The number of benzene rings is 2. The van der Waals surface area contributed by atoms with Crippen molar-refractivity contribution >= 4 is 22.5 Å². The van der Waals surface area contributed by atoms with Crippen LogP contribution in [-0.4, -0.2) is 10.1 Å². The molecule has 21 heavy (non-hydrogen) atoms. The summed E-state index contributed by atoms with van der Waals surface area (Å²) in [5.41, 5.74) is 2.51. The van der Waals surface area contributed by atoms with E-state index < -0.39 is 6.10 Å². The third kappa shape index (κ3) is 2.62. The average molecular weight is 302 g/mol. The van der Waals surface area contributed by atoms with Gasteiger partial charge in [0.05, 0.1) is 17.3 Å². The maximum atomic E-state index is 13.4. The first-order valence-electron chi connectivity index (χ1n) is 6.59. The molecule has 2 nitrogen and oxygen atoms in total. The Labute approximate surface area is 126 Å². The standard InChI is InChI=1S/C17H13ClFNO/c1-10(21)14-8-11-6-7-12(19)9-16(11)20-17(14)13-4-2-3-5-15(13)18/h2-10,21H,1H3. The lowest BCUT2D eigenvalue weighted by Crippen LogP contribution is -1.99. The number of aromatic nitrogens is 1. The molecule has 1 atom stereocenters. The van der Waals surface area contributed by atoms with E-state index in [-0.39, 0.29) is 5.82 Å². The molecule has 0 amide bonds. The molecule has 0 saturated heterocycles. The van der Waals surface area contributed by atoms with Gasteiger partial charge in [0, 0.05) is 27.6 Å². The van der Waals surface area contributed by atoms with Crippen molar-refractivity contribution in [1.82, 2.24) is 4.98 Å². The van der Waals surface area contributed by atoms with E-state index in [9.17, 15) is 9.50 Å². The van der Waals surface area contributed by atoms with Crippen molar-refractivity contribution in [2.45, 2.75) is 13.0 Å². The fourth-order valence-corrected chi connectivity index (χ4v) is 2.57. The Morgan fingerprint density at radius 2 is 1.90 bits per heavy atom. The highest BCUT2D eigenvalue weighted by Gasteiger charge is 2.15. The van der Waals surface area contributed by atoms with Gasteiger partial charge in [-0.25, -0.2) is 9.37 Å². The SMILES string of the molecule is CC(O)c1cc2ccc(F)cc2nc1-c1ccccc1Cl. The first-order valence-corrected chi connectivity index (χ1v) is 6.97. The predicted octanol–water partition coefficient (Wildman–Crippen LogP) is 4.75. The van der Waals surface area contributed by atoms with Crippen molar-refractivity contribution in [3.05, 3.63) is 64.9 Å². The van der Waals surface area contributed by atoms with Crippen molar-refractivity contribution < 1.29 is 9.50 Å². The molecule has 1 unspecified atom stereocenters. The van der Waals surface area contributed by atoms with Crippen molar-refractivity contribution in [3.63, 3.8) is 0 Å². The van der Waals surface area contributed by atoms with E-state index in [0.29, 0.717) is 21.8 Å². The van der Waals surface area contributed by atoms with E-state index in [2.05, 4.69) is 4.98 Å². The minimum atomic E-state index is -0.696. The number of pyridine rings is 1. The zero-order valence-electron chi connectivity index (χ0n) is 11.3. The lowest BCUT2D eigenvalue weighted by molar-refractivity contribution is 0.199. The highest BCUT2D eigenvalue weighted by atomic mass is 35.5. The molecule has 0 aliphatic rings. The Balaban J connectivity index is 2.34. The number of hydrogen-bond donors (Lipinski definition) is 1. The van der Waals surface area contributed by atoms with Crippen LogP contribution in [0.5, 0.6) is 0 Å². The summed E-state index contributed by atoms with van der Waals surface area (Å²) in [6.07, 6.45) is -0.696. The molecule has 4 heteroatoms. The second-order valence-electron chi connectivity index (χ2n) is 4.92. The van der Waals surface area contributed by atoms with Gasteiger partial charge in [0.15, 0.2) is 0 Å². The van der Waals surface area contributed by atoms with E-state index in [1.807, 2.05) is 24.3 Å². The fourth-order valence-electron chi connectivity index (χ4n) is 2.34. The molecular formula is C17H13ClFNO. The van der Waals surface area contributed by atoms with Gasteiger partial charge < -0.3 is 5.11 Å². The van der Waals surface area contributed by atoms with Gasteiger partial charge in [-0.3, -0.25) is 0 Å². The molecule has 0 aliphatic heterocycles. The van der Waals surface area contributed by atoms with Gasteiger partial charge in [0.25, 0.3) is 0 Å². The topological polar surface area (TPSA) is 33.1 Å². The minimum absolute atomic E-state index is 0.343. The minimum Gasteiger partial charge on any atom is -0.389 e. The number of hydrogen-bond acceptors (Lipinski definition) is 2. The molecule has 3 aromatic rings. The van der Waals surface area contributed by atoms with Crippen molar-refractivity contribution in [3.8, 4) is 11.3 Å². The molecule has 106 valence electrons. The van der Waals surface area contributed by atoms with Crippen molar-refractivity contribution in [2.24, 2.45) is 0 Å². The Hall–Kier alpha value is -1.97. The highest BCUT2D eigenvalue weighted by Crippen LogP contribution is 2.33. The molecule has 3 rings (SSSR count). The molecule has 1 heterocycles. The van der Waals surface area contributed by atoms with Crippen molar-refractivity contribution in [2.75, 3.05) is 0 Å². The summed E-state index contributed by atoms with van der Waals surface area (Å²) < 4.78 is 13.4. The van der Waals surface area contributed by atoms with Gasteiger partial charge in [0.2, 0.25) is 0 Å². The summed E-state index contributed by atoms with van der Waals surface area (Å²) in [4.78, 5) is 4.50. The van der Waals surface area contributed by atoms with Crippen LogP contribution < -0.4 is 0 Å². The molecule has 1 N–H and O–H groups in total. The van der Waals surface area contributed by atoms with E-state index in [4.69, 9.17) is 11.6 Å². The zero-order valence-corrected chi connectivity index (χ0v) is 12.1. The van der Waals surface area contributed by atoms with Crippen LogP contribution in [0.25, 0.3) is 22.2 Å². The van der Waals surface area contributed by atoms with Gasteiger partial charge in [-0.05, 0) is 31.2 Å².